The van der Waals surface area contributed by atoms with E-state index in [0.29, 0.717) is 11.1 Å². The van der Waals surface area contributed by atoms with Crippen molar-refractivity contribution in [2.45, 2.75) is 150 Å². The summed E-state index contributed by atoms with van der Waals surface area (Å²) in [6.45, 7) is 17.3. The van der Waals surface area contributed by atoms with Gasteiger partial charge in [0.15, 0.2) is 18.3 Å². The highest BCUT2D eigenvalue weighted by molar-refractivity contribution is 5.93. The Morgan fingerprint density at radius 1 is 0.522 bits per heavy atom. The molecule has 2 aromatic carbocycles. The van der Waals surface area contributed by atoms with E-state index in [4.69, 9.17) is 18.9 Å². The summed E-state index contributed by atoms with van der Waals surface area (Å²) in [5.41, 5.74) is 1.31. The predicted molar refractivity (Wildman–Crippen MR) is 252 cm³/mol. The van der Waals surface area contributed by atoms with Crippen LogP contribution in [0.1, 0.15) is 99.6 Å². The summed E-state index contributed by atoms with van der Waals surface area (Å²) in [4.78, 5) is 104. The lowest BCUT2D eigenvalue weighted by atomic mass is 10.00. The van der Waals surface area contributed by atoms with Crippen LogP contribution in [0.3, 0.4) is 0 Å². The van der Waals surface area contributed by atoms with Gasteiger partial charge in [-0.1, -0.05) is 116 Å². The first-order valence-corrected chi connectivity index (χ1v) is 23.3. The number of likely N-dealkylation sites (N-methyl/N-ethyl adjacent to an activating group) is 4. The van der Waals surface area contributed by atoms with E-state index in [0.717, 1.165) is 9.80 Å². The zero-order valence-electron chi connectivity index (χ0n) is 42.0. The highest BCUT2D eigenvalue weighted by Crippen LogP contribution is 2.23. The lowest BCUT2D eigenvalue weighted by molar-refractivity contribution is -0.538. The molecule has 1 aliphatic rings. The lowest BCUT2D eigenvalue weighted by Crippen LogP contribution is -2.54. The zero-order chi connectivity index (χ0) is 50.4. The first-order chi connectivity index (χ1) is 31.3. The fraction of sp³-hybridized carbons (Fsp3) is 0.608. The van der Waals surface area contributed by atoms with Crippen LogP contribution in [0.5, 0.6) is 0 Å². The number of hydrogen-bond donors (Lipinski definition) is 1. The molecular formula is C51H75N4O12+. The molecule has 370 valence electrons. The molecular weight excluding hydrogens is 861 g/mol. The van der Waals surface area contributed by atoms with Gasteiger partial charge >= 0.3 is 29.8 Å². The number of ether oxygens (including phenoxy) is 4. The monoisotopic (exact) mass is 936 g/mol. The Hall–Kier alpha value is -5.80. The van der Waals surface area contributed by atoms with Crippen molar-refractivity contribution in [3.8, 4) is 0 Å². The number of benzene rings is 2. The minimum absolute atomic E-state index is 0.0664. The van der Waals surface area contributed by atoms with Crippen molar-refractivity contribution < 1.29 is 62.2 Å². The fourth-order valence-corrected chi connectivity index (χ4v) is 8.14. The second kappa shape index (κ2) is 25.4. The summed E-state index contributed by atoms with van der Waals surface area (Å²) in [6, 6.07) is 12.9. The first kappa shape index (κ1) is 55.5. The summed E-state index contributed by atoms with van der Waals surface area (Å²) in [5.74, 6) is -7.14. The van der Waals surface area contributed by atoms with E-state index in [-0.39, 0.29) is 49.9 Å². The topological polar surface area (TPSA) is 189 Å². The maximum absolute atomic E-state index is 14.6. The summed E-state index contributed by atoms with van der Waals surface area (Å²) in [5, 5.41) is 11.7. The number of rotatable bonds is 11. The molecule has 8 unspecified atom stereocenters. The molecule has 3 rings (SSSR count). The van der Waals surface area contributed by atoms with Gasteiger partial charge in [-0.3, -0.25) is 14.4 Å². The lowest BCUT2D eigenvalue weighted by Gasteiger charge is -2.35. The average Bonchev–Trinajstić information content (AvgIpc) is 3.26. The van der Waals surface area contributed by atoms with Crippen molar-refractivity contribution in [2.75, 3.05) is 28.2 Å². The van der Waals surface area contributed by atoms with Gasteiger partial charge in [0.2, 0.25) is 6.10 Å². The molecule has 1 heterocycles. The molecule has 1 N–H and O–H groups in total. The molecule has 0 spiro atoms. The second-order valence-electron chi connectivity index (χ2n) is 19.3. The Morgan fingerprint density at radius 3 is 1.30 bits per heavy atom. The summed E-state index contributed by atoms with van der Waals surface area (Å²) >= 11 is 0. The van der Waals surface area contributed by atoms with Gasteiger partial charge < -0.3 is 38.8 Å². The number of cyclic esters (lactones) is 4. The maximum Gasteiger partial charge on any atom is 0.376 e. The molecule has 0 bridgehead atoms. The van der Waals surface area contributed by atoms with Gasteiger partial charge in [-0.15, -0.1) is 0 Å². The second-order valence-corrected chi connectivity index (χ2v) is 19.3. The van der Waals surface area contributed by atoms with Gasteiger partial charge in [0.1, 0.15) is 25.2 Å². The van der Waals surface area contributed by atoms with Crippen LogP contribution >= 0.6 is 0 Å². The standard InChI is InChI=1S/C51H74N4O12/c1-30(2)25-38-48(60)64-34(9)44(56)52(11)40(27-32(5)6)50(62)66-41(28-36-21-17-15-18-22-36)46(58)53(12)39(26-31(3)4)49(61)65-35(10)45(57)55(14)43(33(7)8)51(63)67-42(47(59)54(38)13)29-37-23-19-16-20-24-37/h15-24,30-35,38-43H,25-29H2,1-14H3/p+1. The third-order valence-corrected chi connectivity index (χ3v) is 11.9. The summed E-state index contributed by atoms with van der Waals surface area (Å²) in [7, 11) is 5.63. The Labute approximate surface area is 396 Å². The molecule has 3 amide bonds. The van der Waals surface area contributed by atoms with Gasteiger partial charge in [0, 0.05) is 40.4 Å². The van der Waals surface area contributed by atoms with Gasteiger partial charge in [0.05, 0.1) is 0 Å². The quantitative estimate of drug-likeness (QED) is 0.172. The van der Waals surface area contributed by atoms with Crippen molar-refractivity contribution in [2.24, 2.45) is 23.7 Å². The van der Waals surface area contributed by atoms with Crippen LogP contribution in [-0.2, 0) is 65.4 Å². The van der Waals surface area contributed by atoms with Crippen molar-refractivity contribution in [1.82, 2.24) is 14.7 Å². The van der Waals surface area contributed by atoms with Crippen LogP contribution < -0.4 is 0 Å². The fourth-order valence-electron chi connectivity index (χ4n) is 8.14. The molecule has 16 heteroatoms. The van der Waals surface area contributed by atoms with Gasteiger partial charge in [0.25, 0.3) is 23.8 Å². The molecule has 0 radical (unpaired) electrons. The van der Waals surface area contributed by atoms with E-state index in [1.807, 2.05) is 41.5 Å². The number of esters is 4. The number of aliphatic hydroxyl groups is 1. The number of aliphatic hydroxyl groups excluding tert-OH is 1. The molecule has 0 aliphatic carbocycles. The number of carbonyl (C=O) groups excluding carboxylic acids is 7. The van der Waals surface area contributed by atoms with Crippen LogP contribution in [-0.4, -0.2) is 149 Å². The van der Waals surface area contributed by atoms with Crippen LogP contribution in [0.15, 0.2) is 60.7 Å². The van der Waals surface area contributed by atoms with E-state index in [2.05, 4.69) is 0 Å². The maximum atomic E-state index is 14.6. The highest BCUT2D eigenvalue weighted by Gasteiger charge is 2.43. The third kappa shape index (κ3) is 15.6. The van der Waals surface area contributed by atoms with E-state index in [9.17, 15) is 38.7 Å². The molecule has 2 aromatic rings. The molecule has 0 aromatic heterocycles. The zero-order valence-corrected chi connectivity index (χ0v) is 42.0. The Balaban J connectivity index is 2.27. The summed E-state index contributed by atoms with van der Waals surface area (Å²) in [6.07, 6.45) is -5.44. The van der Waals surface area contributed by atoms with Crippen LogP contribution in [0.2, 0.25) is 0 Å². The molecule has 0 saturated heterocycles. The van der Waals surface area contributed by atoms with E-state index in [1.165, 1.54) is 51.5 Å². The van der Waals surface area contributed by atoms with Gasteiger partial charge in [-0.2, -0.15) is 4.58 Å². The van der Waals surface area contributed by atoms with Crippen LogP contribution in [0, 0.1) is 23.7 Å². The number of hydrogen-bond acceptors (Lipinski definition) is 11. The normalized spacial score (nSPS) is 25.4. The third-order valence-electron chi connectivity index (χ3n) is 11.9. The smallest absolute Gasteiger partial charge is 0.376 e. The van der Waals surface area contributed by atoms with Crippen molar-refractivity contribution in [3.63, 3.8) is 0 Å². The largest absolute Gasteiger partial charge is 0.461 e. The Kier molecular flexibility index (Phi) is 21.0. The predicted octanol–water partition coefficient (Wildman–Crippen LogP) is 5.42. The number of nitrogens with zero attached hydrogens (tertiary/aromatic N) is 4. The first-order valence-electron chi connectivity index (χ1n) is 23.3. The minimum Gasteiger partial charge on any atom is -0.461 e. The highest BCUT2D eigenvalue weighted by atomic mass is 16.6. The molecule has 0 fully saturated rings. The van der Waals surface area contributed by atoms with E-state index >= 15 is 0 Å². The molecule has 8 atom stereocenters. The van der Waals surface area contributed by atoms with Crippen molar-refractivity contribution in [3.05, 3.63) is 71.8 Å². The molecule has 67 heavy (non-hydrogen) atoms. The van der Waals surface area contributed by atoms with E-state index in [1.54, 1.807) is 74.5 Å². The molecule has 1 aliphatic heterocycles. The van der Waals surface area contributed by atoms with Crippen molar-refractivity contribution in [1.29, 1.82) is 0 Å². The van der Waals surface area contributed by atoms with E-state index < -0.39 is 102 Å². The van der Waals surface area contributed by atoms with Crippen LogP contribution in [0.4, 0.5) is 0 Å². The minimum atomic E-state index is -1.46. The van der Waals surface area contributed by atoms with Gasteiger partial charge in [-0.05, 0) is 61.5 Å². The van der Waals surface area contributed by atoms with Gasteiger partial charge in [-0.25, -0.2) is 19.2 Å². The Morgan fingerprint density at radius 2 is 0.910 bits per heavy atom. The molecule has 16 nitrogen and oxygen atoms in total. The summed E-state index contributed by atoms with van der Waals surface area (Å²) < 4.78 is 25.0. The van der Waals surface area contributed by atoms with Crippen LogP contribution in [0.25, 0.3) is 0 Å². The Bertz CT molecular complexity index is 2040. The molecule has 0 saturated carbocycles. The SMILES string of the molecule is CC(C)CC1C(=O)OC(C)C(O)=[N+](C)C(CC(C)C)C(=O)OC(Cc2ccccc2)C(=O)N(C)C(CC(C)C)C(=O)OC(C)C(=O)N(C)C(C(C)C)C(=O)OC(Cc2ccccc2)C(=O)N1C. The number of carbonyl (C=O) groups is 7. The average molecular weight is 936 g/mol. The van der Waals surface area contributed by atoms with Crippen molar-refractivity contribution >= 4 is 47.5 Å². The number of amides is 3.